The third-order valence-corrected chi connectivity index (χ3v) is 7.15. The Morgan fingerprint density at radius 2 is 2.20 bits per heavy atom. The molecule has 2 N–H and O–H groups in total. The number of amides is 1. The molecule has 1 aliphatic rings. The number of aromatic amines is 1. The molecule has 9 heteroatoms. The van der Waals surface area contributed by atoms with E-state index in [0.29, 0.717) is 35.8 Å². The minimum Gasteiger partial charge on any atom is -0.337 e. The quantitative estimate of drug-likeness (QED) is 0.799. The van der Waals surface area contributed by atoms with Gasteiger partial charge in [-0.2, -0.15) is 5.10 Å². The minimum atomic E-state index is -3.46. The van der Waals surface area contributed by atoms with Crippen LogP contribution in [0.1, 0.15) is 42.4 Å². The summed E-state index contributed by atoms with van der Waals surface area (Å²) >= 11 is 1.20. The van der Waals surface area contributed by atoms with Crippen molar-refractivity contribution in [1.29, 1.82) is 0 Å². The lowest BCUT2D eigenvalue weighted by Crippen LogP contribution is -2.46. The molecule has 0 aliphatic carbocycles. The number of likely N-dealkylation sites (tertiary alicyclic amines) is 1. The summed E-state index contributed by atoms with van der Waals surface area (Å²) in [5, 5.41) is 8.73. The van der Waals surface area contributed by atoms with Crippen molar-refractivity contribution >= 4 is 27.3 Å². The number of aryl methyl sites for hydroxylation is 1. The maximum atomic E-state index is 12.5. The van der Waals surface area contributed by atoms with Crippen LogP contribution in [0.3, 0.4) is 0 Å². The van der Waals surface area contributed by atoms with Crippen LogP contribution in [0.2, 0.25) is 0 Å². The Balaban J connectivity index is 1.55. The molecule has 1 fully saturated rings. The lowest BCUT2D eigenvalue weighted by Gasteiger charge is -2.31. The summed E-state index contributed by atoms with van der Waals surface area (Å²) in [5.74, 6) is -0.0989. The van der Waals surface area contributed by atoms with E-state index in [4.69, 9.17) is 0 Å². The Bertz CT molecular complexity index is 806. The number of carbonyl (C=O) groups excluding carboxylic acids is 1. The van der Waals surface area contributed by atoms with Crippen LogP contribution >= 0.6 is 11.3 Å². The van der Waals surface area contributed by atoms with Crippen LogP contribution in [0.15, 0.2) is 27.8 Å². The van der Waals surface area contributed by atoms with Crippen molar-refractivity contribution in [1.82, 2.24) is 19.8 Å². The molecule has 2 aromatic heterocycles. The number of nitrogens with zero attached hydrogens (tertiary/aromatic N) is 2. The van der Waals surface area contributed by atoms with Crippen LogP contribution in [0, 0.1) is 0 Å². The van der Waals surface area contributed by atoms with Crippen LogP contribution < -0.4 is 4.72 Å². The molecular formula is C16H22N4O3S2. The van der Waals surface area contributed by atoms with E-state index >= 15 is 0 Å². The molecule has 0 bridgehead atoms. The number of aromatic nitrogens is 2. The second-order valence-electron chi connectivity index (χ2n) is 6.15. The molecule has 1 aliphatic heterocycles. The van der Waals surface area contributed by atoms with E-state index in [0.717, 1.165) is 18.5 Å². The van der Waals surface area contributed by atoms with Gasteiger partial charge in [-0.15, -0.1) is 11.3 Å². The number of carbonyl (C=O) groups is 1. The average Bonchev–Trinajstić information content (AvgIpc) is 3.27. The van der Waals surface area contributed by atoms with Gasteiger partial charge < -0.3 is 4.90 Å². The van der Waals surface area contributed by atoms with E-state index < -0.39 is 10.0 Å². The second kappa shape index (κ2) is 7.67. The van der Waals surface area contributed by atoms with Crippen molar-refractivity contribution in [3.8, 4) is 0 Å². The van der Waals surface area contributed by atoms with Crippen molar-refractivity contribution < 1.29 is 13.2 Å². The Labute approximate surface area is 151 Å². The number of piperidine rings is 1. The third-order valence-electron chi connectivity index (χ3n) is 4.23. The van der Waals surface area contributed by atoms with Crippen molar-refractivity contribution in [2.24, 2.45) is 0 Å². The van der Waals surface area contributed by atoms with Crippen LogP contribution in [-0.4, -0.2) is 48.6 Å². The topological polar surface area (TPSA) is 95.2 Å². The summed E-state index contributed by atoms with van der Waals surface area (Å²) in [6, 6.07) is 4.97. The largest absolute Gasteiger partial charge is 0.337 e. The Hall–Kier alpha value is -1.71. The van der Waals surface area contributed by atoms with Crippen LogP contribution in [0.5, 0.6) is 0 Å². The molecule has 0 aromatic carbocycles. The molecule has 7 nitrogen and oxygen atoms in total. The summed E-state index contributed by atoms with van der Waals surface area (Å²) in [7, 11) is -3.46. The standard InChI is InChI=1S/C16H22N4O3S2/c1-2-4-13-11-14(18-17-13)16(21)20-8-6-12(7-9-20)19-25(22,23)15-5-3-10-24-15/h3,5,10-12,19H,2,4,6-9H2,1H3,(H,17,18). The first-order valence-electron chi connectivity index (χ1n) is 8.39. The molecule has 0 atom stereocenters. The molecule has 0 unspecified atom stereocenters. The molecule has 136 valence electrons. The van der Waals surface area contributed by atoms with Crippen molar-refractivity contribution in [2.75, 3.05) is 13.1 Å². The first-order valence-corrected chi connectivity index (χ1v) is 10.8. The molecule has 2 aromatic rings. The summed E-state index contributed by atoms with van der Waals surface area (Å²) in [5.41, 5.74) is 1.39. The fraction of sp³-hybridized carbons (Fsp3) is 0.500. The zero-order chi connectivity index (χ0) is 17.9. The van der Waals surface area contributed by atoms with Crippen LogP contribution in [0.4, 0.5) is 0 Å². The van der Waals surface area contributed by atoms with Gasteiger partial charge in [0.15, 0.2) is 0 Å². The first kappa shape index (κ1) is 18.1. The number of H-pyrrole nitrogens is 1. The Morgan fingerprint density at radius 1 is 1.44 bits per heavy atom. The molecule has 1 amide bonds. The smallest absolute Gasteiger partial charge is 0.274 e. The summed E-state index contributed by atoms with van der Waals surface area (Å²) in [6.07, 6.45) is 3.06. The minimum absolute atomic E-state index is 0.0989. The number of sulfonamides is 1. The third kappa shape index (κ3) is 4.28. The summed E-state index contributed by atoms with van der Waals surface area (Å²) < 4.78 is 27.6. The summed E-state index contributed by atoms with van der Waals surface area (Å²) in [6.45, 7) is 3.11. The predicted molar refractivity (Wildman–Crippen MR) is 96.1 cm³/mol. The maximum Gasteiger partial charge on any atom is 0.274 e. The van der Waals surface area contributed by atoms with E-state index in [-0.39, 0.29) is 11.9 Å². The van der Waals surface area contributed by atoms with Gasteiger partial charge in [0.05, 0.1) is 0 Å². The van der Waals surface area contributed by atoms with E-state index in [1.165, 1.54) is 11.3 Å². The van der Waals surface area contributed by atoms with Crippen LogP contribution in [-0.2, 0) is 16.4 Å². The lowest BCUT2D eigenvalue weighted by atomic mass is 10.1. The number of hydrogen-bond acceptors (Lipinski definition) is 5. The van der Waals surface area contributed by atoms with Crippen molar-refractivity contribution in [2.45, 2.75) is 42.9 Å². The predicted octanol–water partition coefficient (Wildman–Crippen LogP) is 2.01. The monoisotopic (exact) mass is 382 g/mol. The average molecular weight is 383 g/mol. The van der Waals surface area contributed by atoms with Gasteiger partial charge in [-0.05, 0) is 36.8 Å². The number of thiophene rings is 1. The van der Waals surface area contributed by atoms with E-state index in [2.05, 4.69) is 21.8 Å². The van der Waals surface area contributed by atoms with Crippen molar-refractivity contribution in [3.05, 3.63) is 35.0 Å². The van der Waals surface area contributed by atoms with E-state index in [9.17, 15) is 13.2 Å². The first-order chi connectivity index (χ1) is 12.0. The Morgan fingerprint density at radius 3 is 2.84 bits per heavy atom. The molecule has 3 rings (SSSR count). The highest BCUT2D eigenvalue weighted by Gasteiger charge is 2.28. The van der Waals surface area contributed by atoms with Gasteiger partial charge in [-0.3, -0.25) is 9.89 Å². The van der Waals surface area contributed by atoms with Gasteiger partial charge >= 0.3 is 0 Å². The lowest BCUT2D eigenvalue weighted by molar-refractivity contribution is 0.0705. The molecule has 0 spiro atoms. The molecule has 1 saturated heterocycles. The van der Waals surface area contributed by atoms with E-state index in [1.807, 2.05) is 0 Å². The van der Waals surface area contributed by atoms with Gasteiger partial charge in [0.2, 0.25) is 10.0 Å². The molecule has 3 heterocycles. The van der Waals surface area contributed by atoms with Crippen LogP contribution in [0.25, 0.3) is 0 Å². The second-order valence-corrected chi connectivity index (χ2v) is 9.04. The highest BCUT2D eigenvalue weighted by molar-refractivity contribution is 7.91. The molecule has 0 radical (unpaired) electrons. The molecule has 0 saturated carbocycles. The zero-order valence-electron chi connectivity index (χ0n) is 14.1. The summed E-state index contributed by atoms with van der Waals surface area (Å²) in [4.78, 5) is 14.2. The van der Waals surface area contributed by atoms with E-state index in [1.54, 1.807) is 28.5 Å². The van der Waals surface area contributed by atoms with Crippen molar-refractivity contribution in [3.63, 3.8) is 0 Å². The molecule has 25 heavy (non-hydrogen) atoms. The van der Waals surface area contributed by atoms with Gasteiger partial charge in [-0.1, -0.05) is 19.4 Å². The highest BCUT2D eigenvalue weighted by Crippen LogP contribution is 2.19. The number of nitrogens with one attached hydrogen (secondary N) is 2. The number of rotatable bonds is 6. The van der Waals surface area contributed by atoms with Gasteiger partial charge in [0, 0.05) is 24.8 Å². The fourth-order valence-electron chi connectivity index (χ4n) is 2.92. The fourth-order valence-corrected chi connectivity index (χ4v) is 5.24. The highest BCUT2D eigenvalue weighted by atomic mass is 32.2. The van der Waals surface area contributed by atoms with Gasteiger partial charge in [-0.25, -0.2) is 13.1 Å². The zero-order valence-corrected chi connectivity index (χ0v) is 15.7. The SMILES string of the molecule is CCCc1cc(C(=O)N2CCC(NS(=O)(=O)c3cccs3)CC2)n[nH]1. The molecular weight excluding hydrogens is 360 g/mol. The van der Waals surface area contributed by atoms with Gasteiger partial charge in [0.25, 0.3) is 5.91 Å². The number of hydrogen-bond donors (Lipinski definition) is 2. The maximum absolute atomic E-state index is 12.5. The Kier molecular flexibility index (Phi) is 5.55. The van der Waals surface area contributed by atoms with Gasteiger partial charge in [0.1, 0.15) is 9.90 Å². The normalized spacial score (nSPS) is 16.3.